The molecule has 0 N–H and O–H groups in total. The third-order valence-electron chi connectivity index (χ3n) is 2.57. The van der Waals surface area contributed by atoms with E-state index >= 15 is 0 Å². The molecule has 98 valence electrons. The Balaban J connectivity index is 1.95. The van der Waals surface area contributed by atoms with Gasteiger partial charge in [-0.3, -0.25) is 0 Å². The average Bonchev–Trinajstić information content (AvgIpc) is 3.17. The molecule has 0 spiro atoms. The summed E-state index contributed by atoms with van der Waals surface area (Å²) < 4.78 is 5.18. The maximum Gasteiger partial charge on any atom is 0.268 e. The number of aryl methyl sites for hydroxylation is 1. The summed E-state index contributed by atoms with van der Waals surface area (Å²) in [5.41, 5.74) is 0.377. The van der Waals surface area contributed by atoms with Crippen molar-refractivity contribution in [2.75, 3.05) is 0 Å². The quantitative estimate of drug-likeness (QED) is 0.679. The number of aromatic nitrogens is 2. The Kier molecular flexibility index (Phi) is 3.46. The van der Waals surface area contributed by atoms with Gasteiger partial charge in [-0.25, -0.2) is 0 Å². The summed E-state index contributed by atoms with van der Waals surface area (Å²) in [6.45, 7) is 2.02. The first-order valence-electron chi connectivity index (χ1n) is 5.82. The van der Waals surface area contributed by atoms with Crippen molar-refractivity contribution in [3.63, 3.8) is 0 Å². The summed E-state index contributed by atoms with van der Waals surface area (Å²) >= 11 is 3.15. The van der Waals surface area contributed by atoms with Crippen molar-refractivity contribution < 1.29 is 4.52 Å². The maximum absolute atomic E-state index is 9.25. The second-order valence-electron chi connectivity index (χ2n) is 4.02. The van der Waals surface area contributed by atoms with Crippen LogP contribution in [0, 0.1) is 18.3 Å². The topological polar surface area (TPSA) is 62.7 Å². The van der Waals surface area contributed by atoms with E-state index in [2.05, 4.69) is 16.2 Å². The Hall–Kier alpha value is -2.23. The first-order chi connectivity index (χ1) is 9.76. The van der Waals surface area contributed by atoms with Crippen molar-refractivity contribution in [2.45, 2.75) is 6.92 Å². The first-order valence-corrected chi connectivity index (χ1v) is 7.52. The van der Waals surface area contributed by atoms with E-state index in [1.54, 1.807) is 17.4 Å². The number of hydrogen-bond donors (Lipinski definition) is 0. The normalized spacial score (nSPS) is 11.5. The monoisotopic (exact) mass is 299 g/mol. The predicted octanol–water partition coefficient (Wildman–Crippen LogP) is 4.23. The molecule has 0 aliphatic heterocycles. The fourth-order valence-corrected chi connectivity index (χ4v) is 3.12. The van der Waals surface area contributed by atoms with Gasteiger partial charge in [0.2, 0.25) is 5.82 Å². The highest BCUT2D eigenvalue weighted by atomic mass is 32.1. The Labute approximate surface area is 123 Å². The molecule has 0 fully saturated rings. The Morgan fingerprint density at radius 2 is 2.30 bits per heavy atom. The number of thiophene rings is 2. The summed E-state index contributed by atoms with van der Waals surface area (Å²) in [6, 6.07) is 9.92. The molecule has 3 rings (SSSR count). The highest BCUT2D eigenvalue weighted by Crippen LogP contribution is 2.25. The fourth-order valence-electron chi connectivity index (χ4n) is 1.65. The predicted molar refractivity (Wildman–Crippen MR) is 80.2 cm³/mol. The molecule has 0 amide bonds. The molecule has 0 saturated carbocycles. The van der Waals surface area contributed by atoms with Crippen LogP contribution < -0.4 is 0 Å². The minimum atomic E-state index is 0.252. The molecule has 0 radical (unpaired) electrons. The van der Waals surface area contributed by atoms with E-state index in [4.69, 9.17) is 4.52 Å². The molecule has 6 heteroatoms. The van der Waals surface area contributed by atoms with Gasteiger partial charge in [0.05, 0.1) is 4.88 Å². The van der Waals surface area contributed by atoms with E-state index in [9.17, 15) is 5.26 Å². The van der Waals surface area contributed by atoms with Crippen molar-refractivity contribution >= 4 is 34.3 Å². The standard InChI is InChI=1S/C14H9N3OS2/c1-9-4-5-11(20-9)7-10(8-15)14-16-13(17-18-14)12-3-2-6-19-12/h2-7H,1H3. The third-order valence-corrected chi connectivity index (χ3v) is 4.38. The zero-order valence-corrected chi connectivity index (χ0v) is 12.2. The average molecular weight is 299 g/mol. The number of allylic oxidation sites excluding steroid dienone is 1. The van der Waals surface area contributed by atoms with Crippen LogP contribution in [0.25, 0.3) is 22.4 Å². The molecule has 3 aromatic heterocycles. The Bertz CT molecular complexity index is 791. The van der Waals surface area contributed by atoms with E-state index in [1.165, 1.54) is 16.2 Å². The Morgan fingerprint density at radius 1 is 1.40 bits per heavy atom. The van der Waals surface area contributed by atoms with Crippen molar-refractivity contribution in [3.05, 3.63) is 45.3 Å². The van der Waals surface area contributed by atoms with Crippen LogP contribution in [0.3, 0.4) is 0 Å². The van der Waals surface area contributed by atoms with E-state index in [0.29, 0.717) is 11.4 Å². The molecule has 0 saturated heterocycles. The fraction of sp³-hybridized carbons (Fsp3) is 0.0714. The summed E-state index contributed by atoms with van der Waals surface area (Å²) in [5.74, 6) is 0.764. The lowest BCUT2D eigenvalue weighted by molar-refractivity contribution is 0.409. The lowest BCUT2D eigenvalue weighted by Crippen LogP contribution is -1.81. The molecule has 3 heterocycles. The molecule has 0 unspecified atom stereocenters. The lowest BCUT2D eigenvalue weighted by atomic mass is 10.2. The minimum absolute atomic E-state index is 0.252. The molecule has 4 nitrogen and oxygen atoms in total. The second kappa shape index (κ2) is 5.41. The number of nitriles is 1. The van der Waals surface area contributed by atoms with Gasteiger partial charge in [0.15, 0.2) is 0 Å². The van der Waals surface area contributed by atoms with Gasteiger partial charge in [-0.1, -0.05) is 11.2 Å². The molecule has 0 bridgehead atoms. The summed E-state index contributed by atoms with van der Waals surface area (Å²) in [7, 11) is 0. The molecule has 0 aromatic carbocycles. The van der Waals surface area contributed by atoms with Crippen molar-refractivity contribution in [2.24, 2.45) is 0 Å². The molecule has 0 aliphatic carbocycles. The van der Waals surface area contributed by atoms with Crippen LogP contribution in [0.5, 0.6) is 0 Å². The van der Waals surface area contributed by atoms with Gasteiger partial charge in [0, 0.05) is 9.75 Å². The van der Waals surface area contributed by atoms with E-state index in [-0.39, 0.29) is 5.89 Å². The van der Waals surface area contributed by atoms with E-state index in [1.807, 2.05) is 36.6 Å². The molecule has 20 heavy (non-hydrogen) atoms. The van der Waals surface area contributed by atoms with Crippen molar-refractivity contribution in [1.29, 1.82) is 5.26 Å². The number of hydrogen-bond acceptors (Lipinski definition) is 6. The summed E-state index contributed by atoms with van der Waals surface area (Å²) in [4.78, 5) is 7.38. The molecule has 3 aromatic rings. The van der Waals surface area contributed by atoms with Crippen LogP contribution in [0.1, 0.15) is 15.6 Å². The first kappa shape index (κ1) is 12.8. The largest absolute Gasteiger partial charge is 0.333 e. The number of rotatable bonds is 3. The third kappa shape index (κ3) is 2.54. The van der Waals surface area contributed by atoms with Gasteiger partial charge in [-0.05, 0) is 36.6 Å². The molecule has 0 atom stereocenters. The molecular formula is C14H9N3OS2. The van der Waals surface area contributed by atoms with Crippen LogP contribution >= 0.6 is 22.7 Å². The second-order valence-corrected chi connectivity index (χ2v) is 6.29. The summed E-state index contributed by atoms with van der Waals surface area (Å²) in [5, 5.41) is 15.1. The van der Waals surface area contributed by atoms with Crippen LogP contribution in [0.2, 0.25) is 0 Å². The number of nitrogens with zero attached hydrogens (tertiary/aromatic N) is 3. The smallest absolute Gasteiger partial charge is 0.268 e. The SMILES string of the molecule is Cc1ccc(C=C(C#N)c2nc(-c3cccs3)no2)s1. The summed E-state index contributed by atoms with van der Waals surface area (Å²) in [6.07, 6.45) is 1.77. The van der Waals surface area contributed by atoms with Crippen LogP contribution in [-0.2, 0) is 0 Å². The van der Waals surface area contributed by atoms with Crippen LogP contribution in [0.4, 0.5) is 0 Å². The van der Waals surface area contributed by atoms with Crippen LogP contribution in [0.15, 0.2) is 34.2 Å². The highest BCUT2D eigenvalue weighted by molar-refractivity contribution is 7.13. The van der Waals surface area contributed by atoms with Gasteiger partial charge in [-0.15, -0.1) is 22.7 Å². The van der Waals surface area contributed by atoms with E-state index in [0.717, 1.165) is 9.75 Å². The Morgan fingerprint density at radius 3 is 2.95 bits per heavy atom. The van der Waals surface area contributed by atoms with Gasteiger partial charge in [0.1, 0.15) is 11.6 Å². The molecule has 0 aliphatic rings. The van der Waals surface area contributed by atoms with Gasteiger partial charge >= 0.3 is 0 Å². The van der Waals surface area contributed by atoms with Gasteiger partial charge < -0.3 is 4.52 Å². The van der Waals surface area contributed by atoms with Gasteiger partial charge in [0.25, 0.3) is 5.89 Å². The zero-order valence-electron chi connectivity index (χ0n) is 10.5. The highest BCUT2D eigenvalue weighted by Gasteiger charge is 2.13. The van der Waals surface area contributed by atoms with Crippen molar-refractivity contribution in [3.8, 4) is 16.8 Å². The van der Waals surface area contributed by atoms with E-state index < -0.39 is 0 Å². The van der Waals surface area contributed by atoms with Crippen LogP contribution in [-0.4, -0.2) is 10.1 Å². The lowest BCUT2D eigenvalue weighted by Gasteiger charge is -1.88. The maximum atomic E-state index is 9.25. The minimum Gasteiger partial charge on any atom is -0.333 e. The molecular weight excluding hydrogens is 290 g/mol. The zero-order chi connectivity index (χ0) is 13.9. The van der Waals surface area contributed by atoms with Gasteiger partial charge in [-0.2, -0.15) is 10.2 Å². The van der Waals surface area contributed by atoms with Crippen molar-refractivity contribution in [1.82, 2.24) is 10.1 Å².